The van der Waals surface area contributed by atoms with E-state index in [1.165, 1.54) is 15.6 Å². The zero-order chi connectivity index (χ0) is 9.97. The van der Waals surface area contributed by atoms with Crippen LogP contribution >= 0.6 is 27.3 Å². The summed E-state index contributed by atoms with van der Waals surface area (Å²) >= 11 is 5.34. The largest absolute Gasteiger partial charge is 0.377 e. The molecule has 0 bridgehead atoms. The van der Waals surface area contributed by atoms with Crippen molar-refractivity contribution in [2.45, 2.75) is 13.5 Å². The van der Waals surface area contributed by atoms with Crippen LogP contribution in [-0.4, -0.2) is 6.61 Å². The van der Waals surface area contributed by atoms with Gasteiger partial charge in [-0.3, -0.25) is 0 Å². The average molecular weight is 271 g/mol. The summed E-state index contributed by atoms with van der Waals surface area (Å²) in [4.78, 5) is 0. The molecule has 2 aromatic rings. The number of halogens is 1. The van der Waals surface area contributed by atoms with Gasteiger partial charge in [0.2, 0.25) is 0 Å². The van der Waals surface area contributed by atoms with Crippen molar-refractivity contribution in [1.82, 2.24) is 0 Å². The molecule has 1 aromatic heterocycles. The molecule has 1 aromatic carbocycles. The topological polar surface area (TPSA) is 9.23 Å². The Balaban J connectivity index is 2.45. The Kier molecular flexibility index (Phi) is 3.21. The van der Waals surface area contributed by atoms with Crippen molar-refractivity contribution in [2.24, 2.45) is 0 Å². The van der Waals surface area contributed by atoms with Gasteiger partial charge < -0.3 is 4.74 Å². The summed E-state index contributed by atoms with van der Waals surface area (Å²) < 4.78 is 7.90. The Labute approximate surface area is 95.8 Å². The first kappa shape index (κ1) is 10.1. The van der Waals surface area contributed by atoms with Crippen LogP contribution in [0.2, 0.25) is 0 Å². The third-order valence-electron chi connectivity index (χ3n) is 2.09. The second kappa shape index (κ2) is 4.43. The molecule has 0 amide bonds. The number of hydrogen-bond acceptors (Lipinski definition) is 2. The number of hydrogen-bond donors (Lipinski definition) is 0. The van der Waals surface area contributed by atoms with E-state index >= 15 is 0 Å². The summed E-state index contributed by atoms with van der Waals surface area (Å²) in [6.07, 6.45) is 0. The van der Waals surface area contributed by atoms with E-state index in [4.69, 9.17) is 4.74 Å². The Morgan fingerprint density at radius 3 is 3.07 bits per heavy atom. The summed E-state index contributed by atoms with van der Waals surface area (Å²) in [6.45, 7) is 3.49. The monoisotopic (exact) mass is 270 g/mol. The highest BCUT2D eigenvalue weighted by atomic mass is 79.9. The summed E-state index contributed by atoms with van der Waals surface area (Å²) in [5.74, 6) is 0. The quantitative estimate of drug-likeness (QED) is 0.812. The summed E-state index contributed by atoms with van der Waals surface area (Å²) in [6, 6.07) is 6.28. The number of ether oxygens (including phenoxy) is 1. The lowest BCUT2D eigenvalue weighted by Crippen LogP contribution is -1.90. The second-order valence-corrected chi connectivity index (χ2v) is 4.78. The van der Waals surface area contributed by atoms with Gasteiger partial charge >= 0.3 is 0 Å². The number of benzene rings is 1. The lowest BCUT2D eigenvalue weighted by atomic mass is 10.2. The van der Waals surface area contributed by atoms with Gasteiger partial charge in [-0.2, -0.15) is 0 Å². The Hall–Kier alpha value is -0.380. The molecular weight excluding hydrogens is 260 g/mol. The van der Waals surface area contributed by atoms with Gasteiger partial charge in [-0.15, -0.1) is 11.3 Å². The molecular formula is C11H11BrOS. The molecule has 0 spiro atoms. The van der Waals surface area contributed by atoms with Gasteiger partial charge in [0, 0.05) is 21.2 Å². The molecule has 2 rings (SSSR count). The van der Waals surface area contributed by atoms with E-state index in [2.05, 4.69) is 39.5 Å². The first-order valence-electron chi connectivity index (χ1n) is 4.55. The van der Waals surface area contributed by atoms with Gasteiger partial charge in [0.15, 0.2) is 0 Å². The maximum atomic E-state index is 5.43. The predicted octanol–water partition coefficient (Wildman–Crippen LogP) is 4.20. The van der Waals surface area contributed by atoms with Crippen molar-refractivity contribution in [3.63, 3.8) is 0 Å². The van der Waals surface area contributed by atoms with E-state index in [0.717, 1.165) is 11.1 Å². The molecule has 0 saturated carbocycles. The standard InChI is InChI=1S/C11H11BrOS/c1-2-13-6-8-7-14-10-5-3-4-9(12)11(8)10/h3-5,7H,2,6H2,1H3. The molecule has 0 N–H and O–H groups in total. The highest BCUT2D eigenvalue weighted by Crippen LogP contribution is 2.32. The minimum Gasteiger partial charge on any atom is -0.377 e. The Bertz CT molecular complexity index is 436. The maximum Gasteiger partial charge on any atom is 0.0731 e. The summed E-state index contributed by atoms with van der Waals surface area (Å²) in [7, 11) is 0. The molecule has 0 aliphatic heterocycles. The van der Waals surface area contributed by atoms with Gasteiger partial charge in [-0.05, 0) is 30.0 Å². The Morgan fingerprint density at radius 2 is 2.29 bits per heavy atom. The van der Waals surface area contributed by atoms with Crippen LogP contribution in [0.15, 0.2) is 28.1 Å². The molecule has 14 heavy (non-hydrogen) atoms. The lowest BCUT2D eigenvalue weighted by molar-refractivity contribution is 0.135. The van der Waals surface area contributed by atoms with Gasteiger partial charge in [0.25, 0.3) is 0 Å². The molecule has 0 fully saturated rings. The SMILES string of the molecule is CCOCc1csc2cccc(Br)c12. The van der Waals surface area contributed by atoms with E-state index in [1.54, 1.807) is 11.3 Å². The molecule has 1 nitrogen and oxygen atoms in total. The predicted molar refractivity (Wildman–Crippen MR) is 64.9 cm³/mol. The van der Waals surface area contributed by atoms with Gasteiger partial charge in [-0.25, -0.2) is 0 Å². The van der Waals surface area contributed by atoms with Crippen molar-refractivity contribution >= 4 is 37.4 Å². The normalized spacial score (nSPS) is 11.0. The van der Waals surface area contributed by atoms with Crippen LogP contribution in [-0.2, 0) is 11.3 Å². The van der Waals surface area contributed by atoms with E-state index in [0.29, 0.717) is 6.61 Å². The van der Waals surface area contributed by atoms with Crippen LogP contribution in [0.25, 0.3) is 10.1 Å². The van der Waals surface area contributed by atoms with Crippen LogP contribution in [0.4, 0.5) is 0 Å². The first-order chi connectivity index (χ1) is 6.83. The van der Waals surface area contributed by atoms with Crippen molar-refractivity contribution in [3.8, 4) is 0 Å². The van der Waals surface area contributed by atoms with Gasteiger partial charge in [0.1, 0.15) is 0 Å². The minimum atomic E-state index is 0.707. The zero-order valence-corrected chi connectivity index (χ0v) is 10.3. The van der Waals surface area contributed by atoms with E-state index < -0.39 is 0 Å². The van der Waals surface area contributed by atoms with Crippen LogP contribution in [0.1, 0.15) is 12.5 Å². The van der Waals surface area contributed by atoms with Crippen molar-refractivity contribution in [2.75, 3.05) is 6.61 Å². The fourth-order valence-corrected chi connectivity index (χ4v) is 3.15. The number of thiophene rings is 1. The highest BCUT2D eigenvalue weighted by molar-refractivity contribution is 9.10. The molecule has 0 aliphatic rings. The zero-order valence-electron chi connectivity index (χ0n) is 7.92. The molecule has 74 valence electrons. The van der Waals surface area contributed by atoms with Gasteiger partial charge in [0.05, 0.1) is 6.61 Å². The second-order valence-electron chi connectivity index (χ2n) is 3.01. The van der Waals surface area contributed by atoms with Crippen LogP contribution < -0.4 is 0 Å². The van der Waals surface area contributed by atoms with Crippen LogP contribution in [0.5, 0.6) is 0 Å². The Morgan fingerprint density at radius 1 is 1.43 bits per heavy atom. The molecule has 0 atom stereocenters. The van der Waals surface area contributed by atoms with Crippen molar-refractivity contribution in [3.05, 3.63) is 33.6 Å². The lowest BCUT2D eigenvalue weighted by Gasteiger charge is -2.01. The fraction of sp³-hybridized carbons (Fsp3) is 0.273. The van der Waals surface area contributed by atoms with Gasteiger partial charge in [-0.1, -0.05) is 22.0 Å². The van der Waals surface area contributed by atoms with Crippen molar-refractivity contribution < 1.29 is 4.74 Å². The van der Waals surface area contributed by atoms with E-state index in [-0.39, 0.29) is 0 Å². The molecule has 0 saturated heterocycles. The van der Waals surface area contributed by atoms with Crippen molar-refractivity contribution in [1.29, 1.82) is 0 Å². The summed E-state index contributed by atoms with van der Waals surface area (Å²) in [5, 5.41) is 3.47. The van der Waals surface area contributed by atoms with Crippen LogP contribution in [0.3, 0.4) is 0 Å². The number of fused-ring (bicyclic) bond motifs is 1. The van der Waals surface area contributed by atoms with Crippen LogP contribution in [0, 0.1) is 0 Å². The molecule has 0 radical (unpaired) electrons. The first-order valence-corrected chi connectivity index (χ1v) is 6.22. The highest BCUT2D eigenvalue weighted by Gasteiger charge is 2.06. The average Bonchev–Trinajstić information content (AvgIpc) is 2.59. The third kappa shape index (κ3) is 1.85. The third-order valence-corrected chi connectivity index (χ3v) is 3.74. The van der Waals surface area contributed by atoms with E-state index in [1.807, 2.05) is 6.92 Å². The minimum absolute atomic E-state index is 0.707. The molecule has 3 heteroatoms. The van der Waals surface area contributed by atoms with E-state index in [9.17, 15) is 0 Å². The molecule has 0 aliphatic carbocycles. The molecule has 1 heterocycles. The summed E-state index contributed by atoms with van der Waals surface area (Å²) in [5.41, 5.74) is 1.28. The molecule has 0 unspecified atom stereocenters. The fourth-order valence-electron chi connectivity index (χ4n) is 1.43. The maximum absolute atomic E-state index is 5.43. The smallest absolute Gasteiger partial charge is 0.0731 e. The number of rotatable bonds is 3.